The third-order valence-electron chi connectivity index (χ3n) is 4.42. The maximum Gasteiger partial charge on any atom is 0.335 e. The molecule has 0 saturated carbocycles. The van der Waals surface area contributed by atoms with Crippen molar-refractivity contribution in [3.05, 3.63) is 68.1 Å². The van der Waals surface area contributed by atoms with Crippen LogP contribution in [-0.4, -0.2) is 12.6 Å². The Balaban J connectivity index is 2.45. The predicted molar refractivity (Wildman–Crippen MR) is 107 cm³/mol. The van der Waals surface area contributed by atoms with Gasteiger partial charge in [-0.25, -0.2) is 14.0 Å². The van der Waals surface area contributed by atoms with Crippen LogP contribution in [0.15, 0.2) is 45.3 Å². The SMILES string of the molecule is [C-]#[N+]C1=C(C)NC(C)=C(C(=O)OCCC(C)(C)C)C1c1ccc(F)cc1Br. The molecule has 0 radical (unpaired) electrons. The number of benzene rings is 1. The van der Waals surface area contributed by atoms with E-state index in [1.54, 1.807) is 19.9 Å². The Bertz CT molecular complexity index is 860. The highest BCUT2D eigenvalue weighted by atomic mass is 79.9. The van der Waals surface area contributed by atoms with Crippen molar-refractivity contribution >= 4 is 21.9 Å². The summed E-state index contributed by atoms with van der Waals surface area (Å²) in [4.78, 5) is 16.5. The van der Waals surface area contributed by atoms with E-state index >= 15 is 0 Å². The minimum Gasteiger partial charge on any atom is -0.462 e. The molecule has 1 N–H and O–H groups in total. The van der Waals surface area contributed by atoms with Crippen LogP contribution in [0.2, 0.25) is 0 Å². The molecule has 1 heterocycles. The van der Waals surface area contributed by atoms with Crippen molar-refractivity contribution in [1.82, 2.24) is 5.32 Å². The van der Waals surface area contributed by atoms with Gasteiger partial charge in [0.15, 0.2) is 5.70 Å². The fourth-order valence-electron chi connectivity index (χ4n) is 2.97. The summed E-state index contributed by atoms with van der Waals surface area (Å²) < 4.78 is 19.6. The Kier molecular flexibility index (Phi) is 6.48. The molecular formula is C21H24BrFN2O2. The molecule has 0 spiro atoms. The van der Waals surface area contributed by atoms with Crippen LogP contribution in [-0.2, 0) is 9.53 Å². The average molecular weight is 435 g/mol. The Morgan fingerprint density at radius 1 is 1.33 bits per heavy atom. The molecule has 0 amide bonds. The molecule has 27 heavy (non-hydrogen) atoms. The van der Waals surface area contributed by atoms with Crippen molar-refractivity contribution in [2.45, 2.75) is 47.0 Å². The maximum absolute atomic E-state index is 13.6. The Morgan fingerprint density at radius 3 is 2.56 bits per heavy atom. The van der Waals surface area contributed by atoms with Crippen LogP contribution >= 0.6 is 15.9 Å². The van der Waals surface area contributed by atoms with Gasteiger partial charge in [-0.2, -0.15) is 0 Å². The van der Waals surface area contributed by atoms with Gasteiger partial charge in [-0.15, -0.1) is 0 Å². The molecule has 144 valence electrons. The summed E-state index contributed by atoms with van der Waals surface area (Å²) >= 11 is 3.37. The van der Waals surface area contributed by atoms with E-state index < -0.39 is 11.9 Å². The summed E-state index contributed by atoms with van der Waals surface area (Å²) in [6.45, 7) is 17.7. The molecule has 1 aliphatic rings. The van der Waals surface area contributed by atoms with Crippen LogP contribution in [0.5, 0.6) is 0 Å². The van der Waals surface area contributed by atoms with Gasteiger partial charge in [0, 0.05) is 15.9 Å². The Labute approximate surface area is 168 Å². The van der Waals surface area contributed by atoms with Gasteiger partial charge in [-0.1, -0.05) is 42.8 Å². The molecule has 0 bridgehead atoms. The van der Waals surface area contributed by atoms with Crippen LogP contribution < -0.4 is 5.32 Å². The number of nitrogens with zero attached hydrogens (tertiary/aromatic N) is 1. The van der Waals surface area contributed by atoms with Gasteiger partial charge < -0.3 is 10.1 Å². The Hall–Kier alpha value is -2.13. The minimum atomic E-state index is -0.610. The van der Waals surface area contributed by atoms with E-state index in [4.69, 9.17) is 11.3 Å². The van der Waals surface area contributed by atoms with Crippen LogP contribution in [0.4, 0.5) is 4.39 Å². The monoisotopic (exact) mass is 434 g/mol. The van der Waals surface area contributed by atoms with Gasteiger partial charge in [-0.3, -0.25) is 0 Å². The number of dihydropyridines is 1. The number of hydrogen-bond acceptors (Lipinski definition) is 3. The van der Waals surface area contributed by atoms with E-state index in [1.807, 2.05) is 0 Å². The lowest BCUT2D eigenvalue weighted by molar-refractivity contribution is -0.140. The third-order valence-corrected chi connectivity index (χ3v) is 5.11. The summed E-state index contributed by atoms with van der Waals surface area (Å²) in [5, 5.41) is 3.10. The number of halogens is 2. The number of rotatable bonds is 4. The van der Waals surface area contributed by atoms with Crippen molar-refractivity contribution in [2.24, 2.45) is 5.41 Å². The second-order valence-corrected chi connectivity index (χ2v) is 8.69. The van der Waals surface area contributed by atoms with Gasteiger partial charge in [-0.05, 0) is 43.4 Å². The largest absolute Gasteiger partial charge is 0.462 e. The van der Waals surface area contributed by atoms with E-state index in [2.05, 4.69) is 46.9 Å². The first-order valence-electron chi connectivity index (χ1n) is 8.73. The van der Waals surface area contributed by atoms with Crippen LogP contribution in [0.1, 0.15) is 52.5 Å². The van der Waals surface area contributed by atoms with E-state index in [0.717, 1.165) is 6.42 Å². The molecule has 1 aliphatic heterocycles. The lowest BCUT2D eigenvalue weighted by Crippen LogP contribution is -2.29. The quantitative estimate of drug-likeness (QED) is 0.489. The summed E-state index contributed by atoms with van der Waals surface area (Å²) in [6.07, 6.45) is 0.730. The highest BCUT2D eigenvalue weighted by Crippen LogP contribution is 2.42. The van der Waals surface area contributed by atoms with Crippen LogP contribution in [0, 0.1) is 17.8 Å². The fraction of sp³-hybridized carbons (Fsp3) is 0.429. The molecule has 6 heteroatoms. The Morgan fingerprint density at radius 2 is 2.00 bits per heavy atom. The molecule has 1 aromatic carbocycles. The molecule has 1 unspecified atom stereocenters. The highest BCUT2D eigenvalue weighted by molar-refractivity contribution is 9.10. The summed E-state index contributed by atoms with van der Waals surface area (Å²) in [7, 11) is 0. The van der Waals surface area contributed by atoms with Gasteiger partial charge >= 0.3 is 5.97 Å². The molecule has 0 aliphatic carbocycles. The zero-order valence-corrected chi connectivity index (χ0v) is 17.8. The molecule has 0 aromatic heterocycles. The molecule has 4 nitrogen and oxygen atoms in total. The topological polar surface area (TPSA) is 42.7 Å². The first-order valence-corrected chi connectivity index (χ1v) is 9.52. The molecule has 0 saturated heterocycles. The number of nitrogens with one attached hydrogen (secondary N) is 1. The fourth-order valence-corrected chi connectivity index (χ4v) is 3.55. The van der Waals surface area contributed by atoms with Gasteiger partial charge in [0.25, 0.3) is 0 Å². The average Bonchev–Trinajstić information content (AvgIpc) is 2.53. The van der Waals surface area contributed by atoms with Crippen LogP contribution in [0.25, 0.3) is 4.85 Å². The molecule has 2 rings (SSSR count). The third kappa shape index (κ3) is 4.98. The summed E-state index contributed by atoms with van der Waals surface area (Å²) in [6, 6.07) is 4.27. The summed E-state index contributed by atoms with van der Waals surface area (Å²) in [5.41, 5.74) is 2.80. The maximum atomic E-state index is 13.6. The zero-order valence-electron chi connectivity index (χ0n) is 16.2. The second kappa shape index (κ2) is 8.26. The predicted octanol–water partition coefficient (Wildman–Crippen LogP) is 5.68. The number of ether oxygens (including phenoxy) is 1. The number of hydrogen-bond donors (Lipinski definition) is 1. The first-order chi connectivity index (χ1) is 12.5. The number of allylic oxidation sites excluding steroid dienone is 3. The highest BCUT2D eigenvalue weighted by Gasteiger charge is 2.35. The van der Waals surface area contributed by atoms with Crippen molar-refractivity contribution < 1.29 is 13.9 Å². The summed E-state index contributed by atoms with van der Waals surface area (Å²) in [5.74, 6) is -1.46. The molecule has 0 fully saturated rings. The lowest BCUT2D eigenvalue weighted by atomic mass is 9.84. The number of carbonyl (C=O) groups is 1. The zero-order chi connectivity index (χ0) is 20.4. The van der Waals surface area contributed by atoms with E-state index in [0.29, 0.717) is 39.3 Å². The second-order valence-electron chi connectivity index (χ2n) is 7.83. The van der Waals surface area contributed by atoms with Crippen molar-refractivity contribution in [3.8, 4) is 0 Å². The minimum absolute atomic E-state index is 0.0477. The van der Waals surface area contributed by atoms with E-state index in [-0.39, 0.29) is 11.2 Å². The van der Waals surface area contributed by atoms with E-state index in [1.165, 1.54) is 12.1 Å². The molecule has 1 aromatic rings. The van der Waals surface area contributed by atoms with Gasteiger partial charge in [0.2, 0.25) is 0 Å². The van der Waals surface area contributed by atoms with Crippen molar-refractivity contribution in [2.75, 3.05) is 6.61 Å². The normalized spacial score (nSPS) is 17.5. The molecule has 1 atom stereocenters. The molecular weight excluding hydrogens is 411 g/mol. The lowest BCUT2D eigenvalue weighted by Gasteiger charge is -2.29. The van der Waals surface area contributed by atoms with E-state index in [9.17, 15) is 9.18 Å². The standard InChI is InChI=1S/C21H24BrFN2O2/c1-12-17(20(26)27-10-9-21(3,4)5)18(19(24-6)13(2)25-12)15-8-7-14(23)11-16(15)22/h7-8,11,18,25H,9-10H2,1-5H3. The number of esters is 1. The van der Waals surface area contributed by atoms with Crippen molar-refractivity contribution in [1.29, 1.82) is 0 Å². The van der Waals surface area contributed by atoms with Gasteiger partial charge in [0.1, 0.15) is 5.82 Å². The first kappa shape index (κ1) is 21.2. The van der Waals surface area contributed by atoms with Crippen molar-refractivity contribution in [3.63, 3.8) is 0 Å². The smallest absolute Gasteiger partial charge is 0.335 e. The number of carbonyl (C=O) groups excluding carboxylic acids is 1. The van der Waals surface area contributed by atoms with Gasteiger partial charge in [0.05, 0.1) is 24.7 Å². The van der Waals surface area contributed by atoms with Crippen LogP contribution in [0.3, 0.4) is 0 Å².